The van der Waals surface area contributed by atoms with Crippen LogP contribution >= 0.6 is 0 Å². The summed E-state index contributed by atoms with van der Waals surface area (Å²) >= 11 is 0. The number of piperazine rings is 1. The molecule has 2 fully saturated rings. The number of nitrogens with zero attached hydrogens (tertiary/aromatic N) is 2. The first-order valence-corrected chi connectivity index (χ1v) is 7.23. The van der Waals surface area contributed by atoms with E-state index < -0.39 is 17.8 Å². The lowest BCUT2D eigenvalue weighted by Gasteiger charge is -2.39. The summed E-state index contributed by atoms with van der Waals surface area (Å²) in [7, 11) is 0. The van der Waals surface area contributed by atoms with E-state index in [1.54, 1.807) is 25.7 Å². The number of hydrogen-bond acceptors (Lipinski definition) is 4. The fourth-order valence-electron chi connectivity index (χ4n) is 2.80. The molecule has 6 nitrogen and oxygen atoms in total. The van der Waals surface area contributed by atoms with E-state index in [9.17, 15) is 14.7 Å². The van der Waals surface area contributed by atoms with Crippen molar-refractivity contribution in [3.05, 3.63) is 0 Å². The number of amides is 2. The van der Waals surface area contributed by atoms with Crippen LogP contribution in [0.1, 0.15) is 40.0 Å². The zero-order valence-corrected chi connectivity index (χ0v) is 12.5. The zero-order valence-electron chi connectivity index (χ0n) is 12.5. The summed E-state index contributed by atoms with van der Waals surface area (Å²) in [5.74, 6) is -0.104. The average molecular weight is 284 g/mol. The lowest BCUT2D eigenvalue weighted by Crippen LogP contribution is -2.57. The van der Waals surface area contributed by atoms with Crippen LogP contribution in [0.2, 0.25) is 0 Å². The minimum Gasteiger partial charge on any atom is -0.444 e. The van der Waals surface area contributed by atoms with E-state index >= 15 is 0 Å². The van der Waals surface area contributed by atoms with Gasteiger partial charge in [-0.25, -0.2) is 4.79 Å². The van der Waals surface area contributed by atoms with Gasteiger partial charge in [-0.15, -0.1) is 0 Å². The molecule has 2 atom stereocenters. The van der Waals surface area contributed by atoms with Crippen LogP contribution in [0.3, 0.4) is 0 Å². The maximum atomic E-state index is 12.2. The fourth-order valence-corrected chi connectivity index (χ4v) is 2.80. The van der Waals surface area contributed by atoms with Crippen LogP contribution in [0.4, 0.5) is 4.79 Å². The number of carbonyl (C=O) groups excluding carboxylic acids is 2. The standard InChI is InChI=1S/C14H24N2O4/c1-14(2,3)20-13(19)15-7-8-16(12(18)9-15)10-5-4-6-11(10)17/h10-11,17H,4-9H2,1-3H3/t10-,11-/m1/s1. The molecule has 2 rings (SSSR count). The van der Waals surface area contributed by atoms with E-state index in [1.807, 2.05) is 0 Å². The molecule has 1 saturated heterocycles. The Bertz CT molecular complexity index is 391. The van der Waals surface area contributed by atoms with Crippen molar-refractivity contribution in [1.82, 2.24) is 9.80 Å². The highest BCUT2D eigenvalue weighted by atomic mass is 16.6. The van der Waals surface area contributed by atoms with Gasteiger partial charge in [0.25, 0.3) is 0 Å². The van der Waals surface area contributed by atoms with Gasteiger partial charge in [-0.1, -0.05) is 0 Å². The minimum atomic E-state index is -0.557. The summed E-state index contributed by atoms with van der Waals surface area (Å²) in [6, 6.07) is -0.0803. The van der Waals surface area contributed by atoms with Crippen LogP contribution in [0.5, 0.6) is 0 Å². The van der Waals surface area contributed by atoms with Crippen molar-refractivity contribution in [2.75, 3.05) is 19.6 Å². The summed E-state index contributed by atoms with van der Waals surface area (Å²) in [6.45, 7) is 6.38. The predicted octanol–water partition coefficient (Wildman–Crippen LogP) is 0.979. The molecule has 0 unspecified atom stereocenters. The van der Waals surface area contributed by atoms with Crippen molar-refractivity contribution in [1.29, 1.82) is 0 Å². The third-order valence-electron chi connectivity index (χ3n) is 3.75. The molecule has 1 saturated carbocycles. The highest BCUT2D eigenvalue weighted by molar-refractivity contribution is 5.84. The molecular weight excluding hydrogens is 260 g/mol. The monoisotopic (exact) mass is 284 g/mol. The van der Waals surface area contributed by atoms with Crippen LogP contribution in [0.15, 0.2) is 0 Å². The van der Waals surface area contributed by atoms with Crippen LogP contribution in [0, 0.1) is 0 Å². The summed E-state index contributed by atoms with van der Waals surface area (Å²) in [5, 5.41) is 9.89. The van der Waals surface area contributed by atoms with Crippen molar-refractivity contribution in [2.45, 2.75) is 57.8 Å². The number of hydrogen-bond donors (Lipinski definition) is 1. The normalized spacial score (nSPS) is 27.9. The highest BCUT2D eigenvalue weighted by Gasteiger charge is 2.38. The van der Waals surface area contributed by atoms with Crippen molar-refractivity contribution in [3.8, 4) is 0 Å². The molecule has 0 spiro atoms. The van der Waals surface area contributed by atoms with Gasteiger partial charge in [-0.3, -0.25) is 9.69 Å². The van der Waals surface area contributed by atoms with Crippen LogP contribution in [-0.2, 0) is 9.53 Å². The lowest BCUT2D eigenvalue weighted by molar-refractivity contribution is -0.140. The topological polar surface area (TPSA) is 70.1 Å². The molecule has 0 bridgehead atoms. The Morgan fingerprint density at radius 3 is 2.50 bits per heavy atom. The molecule has 6 heteroatoms. The van der Waals surface area contributed by atoms with E-state index in [0.29, 0.717) is 13.1 Å². The highest BCUT2D eigenvalue weighted by Crippen LogP contribution is 2.25. The van der Waals surface area contributed by atoms with Crippen LogP contribution in [-0.4, -0.2) is 64.3 Å². The Morgan fingerprint density at radius 1 is 1.30 bits per heavy atom. The Balaban J connectivity index is 1.92. The SMILES string of the molecule is CC(C)(C)OC(=O)N1CCN([C@@H]2CCC[C@H]2O)C(=O)C1. The van der Waals surface area contributed by atoms with Crippen molar-refractivity contribution >= 4 is 12.0 Å². The second kappa shape index (κ2) is 5.60. The first-order chi connectivity index (χ1) is 9.28. The van der Waals surface area contributed by atoms with E-state index in [1.165, 1.54) is 4.90 Å². The minimum absolute atomic E-state index is 0.0398. The quantitative estimate of drug-likeness (QED) is 0.779. The number of aliphatic hydroxyl groups is 1. The summed E-state index contributed by atoms with van der Waals surface area (Å²) in [5.41, 5.74) is -0.557. The number of carbonyl (C=O) groups is 2. The van der Waals surface area contributed by atoms with E-state index in [-0.39, 0.29) is 18.5 Å². The summed E-state index contributed by atoms with van der Waals surface area (Å²) in [4.78, 5) is 27.3. The molecule has 0 radical (unpaired) electrons. The molecule has 1 aliphatic carbocycles. The molecule has 0 aromatic heterocycles. The molecule has 20 heavy (non-hydrogen) atoms. The molecule has 1 aliphatic heterocycles. The van der Waals surface area contributed by atoms with Crippen LogP contribution < -0.4 is 0 Å². The smallest absolute Gasteiger partial charge is 0.410 e. The van der Waals surface area contributed by atoms with Crippen molar-refractivity contribution in [2.24, 2.45) is 0 Å². The van der Waals surface area contributed by atoms with Gasteiger partial charge in [0, 0.05) is 13.1 Å². The summed E-state index contributed by atoms with van der Waals surface area (Å²) < 4.78 is 5.27. The molecule has 1 heterocycles. The van der Waals surface area contributed by atoms with Crippen molar-refractivity contribution in [3.63, 3.8) is 0 Å². The third-order valence-corrected chi connectivity index (χ3v) is 3.75. The molecular formula is C14H24N2O4. The maximum Gasteiger partial charge on any atom is 0.410 e. The second-order valence-electron chi connectivity index (χ2n) is 6.55. The average Bonchev–Trinajstić information content (AvgIpc) is 2.73. The molecule has 2 aliphatic rings. The second-order valence-corrected chi connectivity index (χ2v) is 6.55. The summed E-state index contributed by atoms with van der Waals surface area (Å²) in [6.07, 6.45) is 1.68. The number of rotatable bonds is 1. The number of aliphatic hydroxyl groups excluding tert-OH is 1. The third kappa shape index (κ3) is 3.42. The Labute approximate surface area is 119 Å². The van der Waals surface area contributed by atoms with Gasteiger partial charge >= 0.3 is 6.09 Å². The molecule has 114 valence electrons. The Hall–Kier alpha value is -1.30. The predicted molar refractivity (Wildman–Crippen MR) is 73.2 cm³/mol. The fraction of sp³-hybridized carbons (Fsp3) is 0.857. The maximum absolute atomic E-state index is 12.2. The number of ether oxygens (including phenoxy) is 1. The Kier molecular flexibility index (Phi) is 4.22. The van der Waals surface area contributed by atoms with Gasteiger partial charge in [0.05, 0.1) is 12.1 Å². The molecule has 1 N–H and O–H groups in total. The van der Waals surface area contributed by atoms with Gasteiger partial charge in [0.1, 0.15) is 12.1 Å². The lowest BCUT2D eigenvalue weighted by atomic mass is 10.1. The zero-order chi connectivity index (χ0) is 14.9. The van der Waals surface area contributed by atoms with Gasteiger partial charge in [0.2, 0.25) is 5.91 Å². The largest absolute Gasteiger partial charge is 0.444 e. The molecule has 0 aromatic rings. The van der Waals surface area contributed by atoms with E-state index in [2.05, 4.69) is 0 Å². The van der Waals surface area contributed by atoms with Gasteiger partial charge in [-0.2, -0.15) is 0 Å². The first-order valence-electron chi connectivity index (χ1n) is 7.23. The van der Waals surface area contributed by atoms with E-state index in [4.69, 9.17) is 4.74 Å². The van der Waals surface area contributed by atoms with Gasteiger partial charge < -0.3 is 14.7 Å². The van der Waals surface area contributed by atoms with Crippen molar-refractivity contribution < 1.29 is 19.4 Å². The van der Waals surface area contributed by atoms with Crippen LogP contribution in [0.25, 0.3) is 0 Å². The molecule has 2 amide bonds. The Morgan fingerprint density at radius 2 is 2.00 bits per heavy atom. The van der Waals surface area contributed by atoms with Gasteiger partial charge in [0.15, 0.2) is 0 Å². The van der Waals surface area contributed by atoms with Gasteiger partial charge in [-0.05, 0) is 40.0 Å². The molecule has 0 aromatic carbocycles. The first kappa shape index (κ1) is 15.1. The van der Waals surface area contributed by atoms with E-state index in [0.717, 1.165) is 19.3 Å².